The summed E-state index contributed by atoms with van der Waals surface area (Å²) in [5, 5.41) is 2.88. The molecule has 0 bridgehead atoms. The molecule has 1 amide bonds. The van der Waals surface area contributed by atoms with Crippen LogP contribution in [0.5, 0.6) is 11.8 Å². The monoisotopic (exact) mass is 315 g/mol. The number of rotatable bonds is 4. The maximum atomic E-state index is 12.0. The number of benzene rings is 1. The van der Waals surface area contributed by atoms with Crippen molar-refractivity contribution in [3.63, 3.8) is 0 Å². The molecule has 0 aliphatic rings. The standard InChI is InChI=1S/C17H21N3O3/c1-17(2,3)16(21)18-12-8-6-11(7-9-12)15-19-13(22-4)10-14(20-15)23-5/h6-10H,1-5H3,(H,18,21). The lowest BCUT2D eigenvalue weighted by Crippen LogP contribution is -2.27. The Hall–Kier alpha value is -2.63. The first-order valence-corrected chi connectivity index (χ1v) is 7.22. The van der Waals surface area contributed by atoms with Crippen molar-refractivity contribution in [2.75, 3.05) is 19.5 Å². The number of aromatic nitrogens is 2. The summed E-state index contributed by atoms with van der Waals surface area (Å²) in [6.45, 7) is 5.60. The Balaban J connectivity index is 2.24. The highest BCUT2D eigenvalue weighted by Gasteiger charge is 2.21. The molecule has 0 spiro atoms. The van der Waals surface area contributed by atoms with E-state index in [9.17, 15) is 4.79 Å². The lowest BCUT2D eigenvalue weighted by molar-refractivity contribution is -0.123. The summed E-state index contributed by atoms with van der Waals surface area (Å²) in [6.07, 6.45) is 0. The second kappa shape index (κ2) is 6.64. The maximum Gasteiger partial charge on any atom is 0.229 e. The average Bonchev–Trinajstić information content (AvgIpc) is 2.54. The molecule has 122 valence electrons. The largest absolute Gasteiger partial charge is 0.481 e. The molecule has 23 heavy (non-hydrogen) atoms. The minimum absolute atomic E-state index is 0.0375. The van der Waals surface area contributed by atoms with Gasteiger partial charge in [-0.2, -0.15) is 9.97 Å². The number of nitrogens with one attached hydrogen (secondary N) is 1. The molecule has 2 rings (SSSR count). The molecular formula is C17H21N3O3. The highest BCUT2D eigenvalue weighted by Crippen LogP contribution is 2.24. The average molecular weight is 315 g/mol. The molecular weight excluding hydrogens is 294 g/mol. The summed E-state index contributed by atoms with van der Waals surface area (Å²) >= 11 is 0. The summed E-state index contributed by atoms with van der Waals surface area (Å²) in [5.74, 6) is 1.31. The number of carbonyl (C=O) groups excluding carboxylic acids is 1. The molecule has 0 fully saturated rings. The molecule has 6 heteroatoms. The summed E-state index contributed by atoms with van der Waals surface area (Å²) < 4.78 is 10.3. The van der Waals surface area contributed by atoms with Gasteiger partial charge >= 0.3 is 0 Å². The molecule has 0 radical (unpaired) electrons. The maximum absolute atomic E-state index is 12.0. The van der Waals surface area contributed by atoms with Crippen molar-refractivity contribution in [1.29, 1.82) is 0 Å². The van der Waals surface area contributed by atoms with Gasteiger partial charge in [-0.1, -0.05) is 20.8 Å². The number of hydrogen-bond acceptors (Lipinski definition) is 5. The van der Waals surface area contributed by atoms with Crippen LogP contribution in [0.3, 0.4) is 0 Å². The van der Waals surface area contributed by atoms with Crippen molar-refractivity contribution in [2.24, 2.45) is 5.41 Å². The predicted octanol–water partition coefficient (Wildman–Crippen LogP) is 3.15. The summed E-state index contributed by atoms with van der Waals surface area (Å²) in [7, 11) is 3.08. The van der Waals surface area contributed by atoms with Crippen LogP contribution in [0.15, 0.2) is 30.3 Å². The van der Waals surface area contributed by atoms with E-state index in [-0.39, 0.29) is 5.91 Å². The Morgan fingerprint density at radius 3 is 1.96 bits per heavy atom. The van der Waals surface area contributed by atoms with Gasteiger partial charge in [-0.05, 0) is 24.3 Å². The third-order valence-corrected chi connectivity index (χ3v) is 3.18. The molecule has 2 aromatic rings. The minimum Gasteiger partial charge on any atom is -0.481 e. The van der Waals surface area contributed by atoms with Crippen molar-refractivity contribution in [3.8, 4) is 23.1 Å². The number of ether oxygens (including phenoxy) is 2. The number of hydrogen-bond donors (Lipinski definition) is 1. The van der Waals surface area contributed by atoms with E-state index in [4.69, 9.17) is 9.47 Å². The molecule has 1 heterocycles. The predicted molar refractivity (Wildman–Crippen MR) is 88.7 cm³/mol. The van der Waals surface area contributed by atoms with E-state index in [1.807, 2.05) is 45.0 Å². The van der Waals surface area contributed by atoms with Crippen LogP contribution in [0.2, 0.25) is 0 Å². The quantitative estimate of drug-likeness (QED) is 0.938. The molecule has 0 saturated carbocycles. The van der Waals surface area contributed by atoms with E-state index in [1.54, 1.807) is 6.07 Å². The fraction of sp³-hybridized carbons (Fsp3) is 0.353. The first-order valence-electron chi connectivity index (χ1n) is 7.22. The Morgan fingerprint density at radius 1 is 1.00 bits per heavy atom. The normalized spacial score (nSPS) is 11.0. The fourth-order valence-corrected chi connectivity index (χ4v) is 1.76. The van der Waals surface area contributed by atoms with Crippen LogP contribution in [-0.4, -0.2) is 30.1 Å². The van der Waals surface area contributed by atoms with Gasteiger partial charge in [-0.25, -0.2) is 0 Å². The Morgan fingerprint density at radius 2 is 1.52 bits per heavy atom. The van der Waals surface area contributed by atoms with Gasteiger partial charge in [0.15, 0.2) is 5.82 Å². The van der Waals surface area contributed by atoms with E-state index in [2.05, 4.69) is 15.3 Å². The second-order valence-electron chi connectivity index (χ2n) is 6.06. The molecule has 1 aromatic heterocycles. The van der Waals surface area contributed by atoms with Crippen LogP contribution in [0.1, 0.15) is 20.8 Å². The number of nitrogens with zero attached hydrogens (tertiary/aromatic N) is 2. The van der Waals surface area contributed by atoms with Crippen LogP contribution in [0.25, 0.3) is 11.4 Å². The summed E-state index contributed by atoms with van der Waals surface area (Å²) in [4.78, 5) is 20.6. The molecule has 0 saturated heterocycles. The first-order chi connectivity index (χ1) is 10.8. The number of anilines is 1. The molecule has 6 nitrogen and oxygen atoms in total. The van der Waals surface area contributed by atoms with Gasteiger partial charge in [0.05, 0.1) is 20.3 Å². The highest BCUT2D eigenvalue weighted by molar-refractivity contribution is 5.94. The van der Waals surface area contributed by atoms with Gasteiger partial charge in [0.25, 0.3) is 0 Å². The first kappa shape index (κ1) is 16.7. The smallest absolute Gasteiger partial charge is 0.229 e. The zero-order valence-corrected chi connectivity index (χ0v) is 14.0. The van der Waals surface area contributed by atoms with E-state index < -0.39 is 5.41 Å². The van der Waals surface area contributed by atoms with Gasteiger partial charge in [-0.15, -0.1) is 0 Å². The van der Waals surface area contributed by atoms with E-state index >= 15 is 0 Å². The zero-order chi connectivity index (χ0) is 17.0. The molecule has 1 N–H and O–H groups in total. The molecule has 0 unspecified atom stereocenters. The Kier molecular flexibility index (Phi) is 4.83. The van der Waals surface area contributed by atoms with Gasteiger partial charge in [0, 0.05) is 16.7 Å². The van der Waals surface area contributed by atoms with E-state index in [1.165, 1.54) is 14.2 Å². The Bertz CT molecular complexity index is 669. The molecule has 0 aliphatic carbocycles. The third kappa shape index (κ3) is 4.18. The van der Waals surface area contributed by atoms with Gasteiger partial charge in [0.1, 0.15) is 0 Å². The van der Waals surface area contributed by atoms with Crippen molar-refractivity contribution in [3.05, 3.63) is 30.3 Å². The topological polar surface area (TPSA) is 73.3 Å². The second-order valence-corrected chi connectivity index (χ2v) is 6.06. The van der Waals surface area contributed by atoms with Crippen LogP contribution in [-0.2, 0) is 4.79 Å². The van der Waals surface area contributed by atoms with Gasteiger partial charge in [-0.3, -0.25) is 4.79 Å². The van der Waals surface area contributed by atoms with Crippen molar-refractivity contribution in [2.45, 2.75) is 20.8 Å². The molecule has 0 atom stereocenters. The lowest BCUT2D eigenvalue weighted by Gasteiger charge is -2.17. The number of methoxy groups -OCH3 is 2. The third-order valence-electron chi connectivity index (χ3n) is 3.18. The van der Waals surface area contributed by atoms with Crippen molar-refractivity contribution >= 4 is 11.6 Å². The summed E-state index contributed by atoms with van der Waals surface area (Å²) in [5.41, 5.74) is 1.08. The van der Waals surface area contributed by atoms with Crippen LogP contribution >= 0.6 is 0 Å². The van der Waals surface area contributed by atoms with Gasteiger partial charge in [0.2, 0.25) is 17.7 Å². The minimum atomic E-state index is -0.443. The molecule has 1 aromatic carbocycles. The van der Waals surface area contributed by atoms with Crippen LogP contribution in [0.4, 0.5) is 5.69 Å². The Labute approximate surface area is 135 Å². The van der Waals surface area contributed by atoms with Crippen LogP contribution in [0, 0.1) is 5.41 Å². The van der Waals surface area contributed by atoms with E-state index in [0.717, 1.165) is 11.3 Å². The SMILES string of the molecule is COc1cc(OC)nc(-c2ccc(NC(=O)C(C)(C)C)cc2)n1. The number of carbonyl (C=O) groups is 1. The van der Waals surface area contributed by atoms with E-state index in [0.29, 0.717) is 17.6 Å². The fourth-order valence-electron chi connectivity index (χ4n) is 1.76. The van der Waals surface area contributed by atoms with Crippen molar-refractivity contribution in [1.82, 2.24) is 9.97 Å². The van der Waals surface area contributed by atoms with Crippen LogP contribution < -0.4 is 14.8 Å². The van der Waals surface area contributed by atoms with Gasteiger partial charge < -0.3 is 14.8 Å². The lowest BCUT2D eigenvalue weighted by atomic mass is 9.95. The number of amides is 1. The zero-order valence-electron chi connectivity index (χ0n) is 14.0. The summed E-state index contributed by atoms with van der Waals surface area (Å²) in [6, 6.07) is 8.92. The van der Waals surface area contributed by atoms with Crippen molar-refractivity contribution < 1.29 is 14.3 Å². The highest BCUT2D eigenvalue weighted by atomic mass is 16.5. The molecule has 0 aliphatic heterocycles.